The predicted octanol–water partition coefficient (Wildman–Crippen LogP) is 2.85. The van der Waals surface area contributed by atoms with Gasteiger partial charge in [0.15, 0.2) is 0 Å². The molecule has 0 bridgehead atoms. The number of nitriles is 1. The standard InChI is InChI=1S/C23H22N4O4/c1-16-7-5-8-18(13-16)31-22-19(23(29)27-11-4-3-9-20(27)26-22)14-17(15-24)21(28)25-10-6-12-30-2/h3-5,7-9,11,13-14H,6,10,12H2,1-2H3,(H,25,28). The molecule has 0 unspecified atom stereocenters. The molecular weight excluding hydrogens is 396 g/mol. The molecule has 0 aliphatic heterocycles. The van der Waals surface area contributed by atoms with Gasteiger partial charge in [0.1, 0.15) is 28.6 Å². The summed E-state index contributed by atoms with van der Waals surface area (Å²) in [6, 6.07) is 14.2. The molecule has 3 rings (SSSR count). The van der Waals surface area contributed by atoms with Crippen molar-refractivity contribution in [3.8, 4) is 17.7 Å². The Kier molecular flexibility index (Phi) is 7.14. The van der Waals surface area contributed by atoms with Crippen LogP contribution in [0.15, 0.2) is 59.0 Å². The first-order valence-electron chi connectivity index (χ1n) is 9.68. The lowest BCUT2D eigenvalue weighted by atomic mass is 10.1. The first kappa shape index (κ1) is 21.7. The van der Waals surface area contributed by atoms with Crippen molar-refractivity contribution in [2.24, 2.45) is 0 Å². The second-order valence-corrected chi connectivity index (χ2v) is 6.76. The number of ether oxygens (including phenoxy) is 2. The highest BCUT2D eigenvalue weighted by Crippen LogP contribution is 2.24. The summed E-state index contributed by atoms with van der Waals surface area (Å²) >= 11 is 0. The van der Waals surface area contributed by atoms with Crippen molar-refractivity contribution < 1.29 is 14.3 Å². The van der Waals surface area contributed by atoms with Crippen molar-refractivity contribution in [1.29, 1.82) is 5.26 Å². The van der Waals surface area contributed by atoms with Crippen LogP contribution >= 0.6 is 0 Å². The van der Waals surface area contributed by atoms with E-state index < -0.39 is 11.5 Å². The van der Waals surface area contributed by atoms with Gasteiger partial charge in [0.05, 0.1) is 0 Å². The van der Waals surface area contributed by atoms with Crippen LogP contribution in [0.25, 0.3) is 11.7 Å². The highest BCUT2D eigenvalue weighted by Gasteiger charge is 2.17. The van der Waals surface area contributed by atoms with E-state index in [1.54, 1.807) is 43.6 Å². The first-order chi connectivity index (χ1) is 15.0. The Hall–Kier alpha value is -3.96. The zero-order chi connectivity index (χ0) is 22.2. The number of amides is 1. The minimum atomic E-state index is -0.585. The molecular formula is C23H22N4O4. The summed E-state index contributed by atoms with van der Waals surface area (Å²) in [6.07, 6.45) is 3.38. The van der Waals surface area contributed by atoms with Gasteiger partial charge in [0, 0.05) is 26.5 Å². The second kappa shape index (κ2) is 10.2. The summed E-state index contributed by atoms with van der Waals surface area (Å²) in [5.41, 5.74) is 0.693. The Labute approximate surface area is 179 Å². The van der Waals surface area contributed by atoms with E-state index in [0.717, 1.165) is 5.56 Å². The lowest BCUT2D eigenvalue weighted by molar-refractivity contribution is -0.117. The molecule has 1 amide bonds. The number of hydrogen-bond donors (Lipinski definition) is 1. The number of nitrogens with one attached hydrogen (secondary N) is 1. The summed E-state index contributed by atoms with van der Waals surface area (Å²) in [4.78, 5) is 30.0. The number of benzene rings is 1. The Morgan fingerprint density at radius 1 is 1.29 bits per heavy atom. The van der Waals surface area contributed by atoms with Crippen molar-refractivity contribution in [2.75, 3.05) is 20.3 Å². The zero-order valence-electron chi connectivity index (χ0n) is 17.3. The molecule has 0 spiro atoms. The molecule has 158 valence electrons. The molecule has 0 aliphatic rings. The van der Waals surface area contributed by atoms with Crippen molar-refractivity contribution in [2.45, 2.75) is 13.3 Å². The third-order valence-corrected chi connectivity index (χ3v) is 4.40. The van der Waals surface area contributed by atoms with Gasteiger partial charge in [-0.1, -0.05) is 18.2 Å². The smallest absolute Gasteiger partial charge is 0.269 e. The van der Waals surface area contributed by atoms with E-state index in [2.05, 4.69) is 10.3 Å². The fourth-order valence-electron chi connectivity index (χ4n) is 2.88. The van der Waals surface area contributed by atoms with Gasteiger partial charge >= 0.3 is 0 Å². The number of rotatable bonds is 8. The number of aryl methyl sites for hydroxylation is 1. The molecule has 0 radical (unpaired) electrons. The van der Waals surface area contributed by atoms with Crippen LogP contribution < -0.4 is 15.6 Å². The van der Waals surface area contributed by atoms with E-state index in [-0.39, 0.29) is 17.0 Å². The van der Waals surface area contributed by atoms with E-state index in [0.29, 0.717) is 31.0 Å². The van der Waals surface area contributed by atoms with Gasteiger partial charge in [-0.2, -0.15) is 10.2 Å². The lowest BCUT2D eigenvalue weighted by Gasteiger charge is -2.11. The van der Waals surface area contributed by atoms with Crippen LogP contribution in [0.5, 0.6) is 11.6 Å². The number of aromatic nitrogens is 2. The normalized spacial score (nSPS) is 11.2. The largest absolute Gasteiger partial charge is 0.438 e. The van der Waals surface area contributed by atoms with E-state index in [1.807, 2.05) is 25.1 Å². The summed E-state index contributed by atoms with van der Waals surface area (Å²) in [5.74, 6) is -0.0799. The van der Waals surface area contributed by atoms with Crippen molar-refractivity contribution >= 4 is 17.6 Å². The maximum absolute atomic E-state index is 13.1. The fourth-order valence-corrected chi connectivity index (χ4v) is 2.88. The summed E-state index contributed by atoms with van der Waals surface area (Å²) in [7, 11) is 1.57. The van der Waals surface area contributed by atoms with Crippen molar-refractivity contribution in [1.82, 2.24) is 14.7 Å². The van der Waals surface area contributed by atoms with E-state index in [9.17, 15) is 14.9 Å². The van der Waals surface area contributed by atoms with Gasteiger partial charge in [-0.15, -0.1) is 0 Å². The maximum atomic E-state index is 13.1. The minimum absolute atomic E-state index is 0.00815. The number of nitrogens with zero attached hydrogens (tertiary/aromatic N) is 3. The maximum Gasteiger partial charge on any atom is 0.269 e. The summed E-state index contributed by atoms with van der Waals surface area (Å²) < 4.78 is 12.2. The molecule has 0 atom stereocenters. The van der Waals surface area contributed by atoms with Crippen LogP contribution in [0.3, 0.4) is 0 Å². The molecule has 8 nitrogen and oxygen atoms in total. The zero-order valence-corrected chi connectivity index (χ0v) is 17.3. The van der Waals surface area contributed by atoms with Crippen molar-refractivity contribution in [3.05, 3.63) is 75.7 Å². The summed E-state index contributed by atoms with van der Waals surface area (Å²) in [5, 5.41) is 12.1. The molecule has 0 saturated carbocycles. The van der Waals surface area contributed by atoms with Crippen molar-refractivity contribution in [3.63, 3.8) is 0 Å². The third kappa shape index (κ3) is 5.35. The SMILES string of the molecule is COCCCNC(=O)C(C#N)=Cc1c(Oc2cccc(C)c2)nc2ccccn2c1=O. The van der Waals surface area contributed by atoms with Crippen LogP contribution in [-0.4, -0.2) is 35.6 Å². The number of pyridine rings is 1. The van der Waals surface area contributed by atoms with Gasteiger partial charge < -0.3 is 14.8 Å². The second-order valence-electron chi connectivity index (χ2n) is 6.76. The van der Waals surface area contributed by atoms with E-state index in [4.69, 9.17) is 9.47 Å². The minimum Gasteiger partial charge on any atom is -0.438 e. The third-order valence-electron chi connectivity index (χ3n) is 4.40. The fraction of sp³-hybridized carbons (Fsp3) is 0.217. The molecule has 3 aromatic rings. The average molecular weight is 418 g/mol. The van der Waals surface area contributed by atoms with Gasteiger partial charge in [-0.25, -0.2) is 0 Å². The molecule has 1 aromatic carbocycles. The van der Waals surface area contributed by atoms with Crippen LogP contribution in [0.2, 0.25) is 0 Å². The highest BCUT2D eigenvalue weighted by molar-refractivity contribution is 6.01. The Balaban J connectivity index is 2.05. The molecule has 2 heterocycles. The monoisotopic (exact) mass is 418 g/mol. The predicted molar refractivity (Wildman–Crippen MR) is 116 cm³/mol. The Bertz CT molecular complexity index is 1220. The Morgan fingerprint density at radius 3 is 2.87 bits per heavy atom. The van der Waals surface area contributed by atoms with E-state index in [1.165, 1.54) is 10.5 Å². The van der Waals surface area contributed by atoms with Crippen LogP contribution in [0, 0.1) is 18.3 Å². The first-order valence-corrected chi connectivity index (χ1v) is 9.68. The van der Waals surface area contributed by atoms with Crippen LogP contribution in [0.4, 0.5) is 0 Å². The molecule has 0 aliphatic carbocycles. The molecule has 8 heteroatoms. The van der Waals surface area contributed by atoms with Gasteiger partial charge in [-0.05, 0) is 49.2 Å². The Morgan fingerprint density at radius 2 is 2.13 bits per heavy atom. The lowest BCUT2D eigenvalue weighted by Crippen LogP contribution is -2.27. The average Bonchev–Trinajstić information content (AvgIpc) is 2.76. The number of carbonyl (C=O) groups is 1. The number of methoxy groups -OCH3 is 1. The topological polar surface area (TPSA) is 106 Å². The number of carbonyl (C=O) groups excluding carboxylic acids is 1. The molecule has 0 fully saturated rings. The van der Waals surface area contributed by atoms with Gasteiger partial charge in [0.25, 0.3) is 11.5 Å². The number of hydrogen-bond acceptors (Lipinski definition) is 6. The van der Waals surface area contributed by atoms with Gasteiger partial charge in [0.2, 0.25) is 5.88 Å². The summed E-state index contributed by atoms with van der Waals surface area (Å²) in [6.45, 7) is 2.74. The van der Waals surface area contributed by atoms with Gasteiger partial charge in [-0.3, -0.25) is 14.0 Å². The molecule has 1 N–H and O–H groups in total. The molecule has 0 saturated heterocycles. The van der Waals surface area contributed by atoms with Crippen LogP contribution in [-0.2, 0) is 9.53 Å². The highest BCUT2D eigenvalue weighted by atomic mass is 16.5. The molecule has 31 heavy (non-hydrogen) atoms. The quantitative estimate of drug-likeness (QED) is 0.343. The number of fused-ring (bicyclic) bond motifs is 1. The molecule has 2 aromatic heterocycles. The van der Waals surface area contributed by atoms with Crippen LogP contribution in [0.1, 0.15) is 17.5 Å². The van der Waals surface area contributed by atoms with E-state index >= 15 is 0 Å².